The van der Waals surface area contributed by atoms with Crippen molar-refractivity contribution in [1.82, 2.24) is 0 Å². The third-order valence-corrected chi connectivity index (χ3v) is 1.58. The van der Waals surface area contributed by atoms with Gasteiger partial charge in [0.2, 0.25) is 11.6 Å². The van der Waals surface area contributed by atoms with Crippen molar-refractivity contribution in [2.75, 3.05) is 6.54 Å². The summed E-state index contributed by atoms with van der Waals surface area (Å²) in [5, 5.41) is 9.18. The molecule has 1 aliphatic rings. The number of aliphatic hydroxyl groups is 1. The molecule has 0 aliphatic heterocycles. The SMILES string of the molecule is NCC(O)C1=CC(=O)C(=O)C=C1. The Balaban J connectivity index is 2.83. The van der Waals surface area contributed by atoms with Crippen molar-refractivity contribution >= 4 is 11.6 Å². The van der Waals surface area contributed by atoms with Crippen LogP contribution in [0.15, 0.2) is 23.8 Å². The van der Waals surface area contributed by atoms with Gasteiger partial charge in [-0.1, -0.05) is 6.08 Å². The first-order chi connectivity index (χ1) is 5.65. The van der Waals surface area contributed by atoms with Crippen LogP contribution in [0, 0.1) is 0 Å². The van der Waals surface area contributed by atoms with Crippen molar-refractivity contribution < 1.29 is 14.7 Å². The minimum atomic E-state index is -0.863. The number of ketones is 2. The van der Waals surface area contributed by atoms with Crippen LogP contribution in [0.3, 0.4) is 0 Å². The van der Waals surface area contributed by atoms with Crippen molar-refractivity contribution in [3.63, 3.8) is 0 Å². The number of hydrogen-bond donors (Lipinski definition) is 2. The quantitative estimate of drug-likeness (QED) is 0.406. The Kier molecular flexibility index (Phi) is 2.52. The van der Waals surface area contributed by atoms with E-state index in [2.05, 4.69) is 0 Å². The number of nitrogens with two attached hydrogens (primary N) is 1. The lowest BCUT2D eigenvalue weighted by Crippen LogP contribution is -2.24. The average molecular weight is 167 g/mol. The molecule has 1 unspecified atom stereocenters. The fraction of sp³-hybridized carbons (Fsp3) is 0.250. The Hall–Kier alpha value is -1.26. The van der Waals surface area contributed by atoms with Crippen molar-refractivity contribution in [3.8, 4) is 0 Å². The molecule has 1 rings (SSSR count). The van der Waals surface area contributed by atoms with Crippen LogP contribution in [0.1, 0.15) is 0 Å². The Morgan fingerprint density at radius 1 is 1.33 bits per heavy atom. The molecular formula is C8H9NO3. The highest BCUT2D eigenvalue weighted by Gasteiger charge is 2.16. The maximum atomic E-state index is 10.8. The van der Waals surface area contributed by atoms with E-state index >= 15 is 0 Å². The van der Waals surface area contributed by atoms with Crippen LogP contribution >= 0.6 is 0 Å². The molecule has 3 N–H and O–H groups in total. The number of allylic oxidation sites excluding steroid dienone is 2. The lowest BCUT2D eigenvalue weighted by Gasteiger charge is -2.10. The molecule has 4 heteroatoms. The van der Waals surface area contributed by atoms with Gasteiger partial charge in [-0.3, -0.25) is 9.59 Å². The van der Waals surface area contributed by atoms with E-state index in [0.29, 0.717) is 5.57 Å². The van der Waals surface area contributed by atoms with Gasteiger partial charge in [0.25, 0.3) is 0 Å². The summed E-state index contributed by atoms with van der Waals surface area (Å²) in [5.41, 5.74) is 5.55. The number of carbonyl (C=O) groups excluding carboxylic acids is 2. The first-order valence-electron chi connectivity index (χ1n) is 3.51. The molecule has 0 saturated carbocycles. The monoisotopic (exact) mass is 167 g/mol. The molecule has 12 heavy (non-hydrogen) atoms. The summed E-state index contributed by atoms with van der Waals surface area (Å²) in [4.78, 5) is 21.5. The topological polar surface area (TPSA) is 80.4 Å². The third-order valence-electron chi connectivity index (χ3n) is 1.58. The standard InChI is InChI=1S/C8H9NO3/c9-4-8(12)5-1-2-6(10)7(11)3-5/h1-3,8,12H,4,9H2. The van der Waals surface area contributed by atoms with E-state index < -0.39 is 17.7 Å². The highest BCUT2D eigenvalue weighted by molar-refractivity contribution is 6.46. The Bertz CT molecular complexity index is 278. The summed E-state index contributed by atoms with van der Waals surface area (Å²) >= 11 is 0. The first kappa shape index (κ1) is 8.83. The third kappa shape index (κ3) is 1.66. The maximum Gasteiger partial charge on any atom is 0.226 e. The smallest absolute Gasteiger partial charge is 0.226 e. The summed E-state index contributed by atoms with van der Waals surface area (Å²) in [5.74, 6) is -1.18. The zero-order chi connectivity index (χ0) is 9.14. The minimum Gasteiger partial charge on any atom is -0.387 e. The van der Waals surface area contributed by atoms with Gasteiger partial charge < -0.3 is 10.8 Å². The molecule has 1 atom stereocenters. The second kappa shape index (κ2) is 3.42. The molecule has 0 aromatic rings. The zero-order valence-corrected chi connectivity index (χ0v) is 6.36. The fourth-order valence-corrected chi connectivity index (χ4v) is 0.868. The van der Waals surface area contributed by atoms with Crippen molar-refractivity contribution in [2.24, 2.45) is 5.73 Å². The second-order valence-electron chi connectivity index (χ2n) is 2.46. The molecule has 0 aromatic heterocycles. The maximum absolute atomic E-state index is 10.8. The molecule has 0 spiro atoms. The molecule has 4 nitrogen and oxygen atoms in total. The fourth-order valence-electron chi connectivity index (χ4n) is 0.868. The predicted octanol–water partition coefficient (Wildman–Crippen LogP) is -1.06. The Labute approximate surface area is 69.4 Å². The van der Waals surface area contributed by atoms with Crippen molar-refractivity contribution in [2.45, 2.75) is 6.10 Å². The molecule has 0 aromatic carbocycles. The summed E-state index contributed by atoms with van der Waals surface area (Å²) in [6.45, 7) is 0.0393. The second-order valence-corrected chi connectivity index (χ2v) is 2.46. The van der Waals surface area contributed by atoms with Gasteiger partial charge in [0.15, 0.2) is 0 Å². The van der Waals surface area contributed by atoms with Gasteiger partial charge in [0.1, 0.15) is 0 Å². The Morgan fingerprint density at radius 3 is 2.50 bits per heavy atom. The normalized spacial score (nSPS) is 19.3. The summed E-state index contributed by atoms with van der Waals surface area (Å²) in [6.07, 6.45) is 2.79. The van der Waals surface area contributed by atoms with Crippen LogP contribution in [0.5, 0.6) is 0 Å². The molecule has 0 radical (unpaired) electrons. The number of hydrogen-bond acceptors (Lipinski definition) is 4. The lowest BCUT2D eigenvalue weighted by atomic mass is 10.0. The zero-order valence-electron chi connectivity index (χ0n) is 6.36. The average Bonchev–Trinajstić information content (AvgIpc) is 2.08. The lowest BCUT2D eigenvalue weighted by molar-refractivity contribution is -0.131. The van der Waals surface area contributed by atoms with Crippen LogP contribution in [0.4, 0.5) is 0 Å². The number of carbonyl (C=O) groups is 2. The number of aliphatic hydroxyl groups excluding tert-OH is 1. The number of rotatable bonds is 2. The molecule has 1 aliphatic carbocycles. The summed E-state index contributed by atoms with van der Waals surface area (Å²) in [7, 11) is 0. The van der Waals surface area contributed by atoms with Gasteiger partial charge in [-0.15, -0.1) is 0 Å². The van der Waals surface area contributed by atoms with Gasteiger partial charge in [-0.05, 0) is 17.7 Å². The highest BCUT2D eigenvalue weighted by atomic mass is 16.3. The summed E-state index contributed by atoms with van der Waals surface area (Å²) < 4.78 is 0. The van der Waals surface area contributed by atoms with Crippen LogP contribution in [0.25, 0.3) is 0 Å². The van der Waals surface area contributed by atoms with Gasteiger partial charge in [-0.2, -0.15) is 0 Å². The van der Waals surface area contributed by atoms with Crippen LogP contribution in [0.2, 0.25) is 0 Å². The molecule has 0 heterocycles. The van der Waals surface area contributed by atoms with E-state index in [1.54, 1.807) is 0 Å². The van der Waals surface area contributed by atoms with E-state index in [1.807, 2.05) is 0 Å². The van der Waals surface area contributed by atoms with Crippen molar-refractivity contribution in [1.29, 1.82) is 0 Å². The Morgan fingerprint density at radius 2 is 2.00 bits per heavy atom. The van der Waals surface area contributed by atoms with E-state index in [0.717, 1.165) is 12.2 Å². The van der Waals surface area contributed by atoms with Gasteiger partial charge >= 0.3 is 0 Å². The van der Waals surface area contributed by atoms with Crippen molar-refractivity contribution in [3.05, 3.63) is 23.8 Å². The van der Waals surface area contributed by atoms with E-state index in [1.165, 1.54) is 6.08 Å². The largest absolute Gasteiger partial charge is 0.387 e. The predicted molar refractivity (Wildman–Crippen MR) is 42.3 cm³/mol. The molecule has 0 amide bonds. The first-order valence-corrected chi connectivity index (χ1v) is 3.51. The van der Waals surface area contributed by atoms with Gasteiger partial charge in [0, 0.05) is 6.54 Å². The minimum absolute atomic E-state index is 0.0393. The van der Waals surface area contributed by atoms with Crippen LogP contribution in [-0.4, -0.2) is 29.3 Å². The van der Waals surface area contributed by atoms with Gasteiger partial charge in [-0.25, -0.2) is 0 Å². The molecule has 64 valence electrons. The molecular weight excluding hydrogens is 158 g/mol. The summed E-state index contributed by atoms with van der Waals surface area (Å²) in [6, 6.07) is 0. The van der Waals surface area contributed by atoms with Gasteiger partial charge in [0.05, 0.1) is 6.10 Å². The molecule has 0 bridgehead atoms. The molecule has 0 fully saturated rings. The highest BCUT2D eigenvalue weighted by Crippen LogP contribution is 2.08. The van der Waals surface area contributed by atoms with E-state index in [4.69, 9.17) is 5.73 Å². The van der Waals surface area contributed by atoms with Crippen LogP contribution < -0.4 is 5.73 Å². The van der Waals surface area contributed by atoms with Crippen LogP contribution in [-0.2, 0) is 9.59 Å². The van der Waals surface area contributed by atoms with E-state index in [-0.39, 0.29) is 6.54 Å². The van der Waals surface area contributed by atoms with E-state index in [9.17, 15) is 14.7 Å². The molecule has 0 saturated heterocycles.